The molecule has 20 heavy (non-hydrogen) atoms. The van der Waals surface area contributed by atoms with E-state index in [1.165, 1.54) is 6.42 Å². The van der Waals surface area contributed by atoms with Gasteiger partial charge in [-0.05, 0) is 38.8 Å². The van der Waals surface area contributed by atoms with Crippen molar-refractivity contribution in [1.82, 2.24) is 10.4 Å². The molecule has 1 aromatic rings. The molecule has 1 aliphatic rings. The SMILES string of the molecule is CC1CCCC(C)N1NCc1cc(Br)ccc1[N+](=O)[O-]. The van der Waals surface area contributed by atoms with E-state index in [4.69, 9.17) is 0 Å². The molecule has 1 aromatic carbocycles. The van der Waals surface area contributed by atoms with Crippen LogP contribution in [0.1, 0.15) is 38.7 Å². The maximum absolute atomic E-state index is 11.1. The molecule has 1 N–H and O–H groups in total. The average molecular weight is 342 g/mol. The van der Waals surface area contributed by atoms with Crippen molar-refractivity contribution in [2.45, 2.75) is 51.7 Å². The van der Waals surface area contributed by atoms with E-state index in [1.54, 1.807) is 12.1 Å². The number of nitrogens with one attached hydrogen (secondary N) is 1. The van der Waals surface area contributed by atoms with Crippen LogP contribution in [0.4, 0.5) is 5.69 Å². The second-order valence-electron chi connectivity index (χ2n) is 5.40. The predicted molar refractivity (Wildman–Crippen MR) is 82.3 cm³/mol. The highest BCUT2D eigenvalue weighted by molar-refractivity contribution is 9.10. The Morgan fingerprint density at radius 2 is 2.05 bits per heavy atom. The second-order valence-corrected chi connectivity index (χ2v) is 6.32. The number of hydrogen-bond donors (Lipinski definition) is 1. The summed E-state index contributed by atoms with van der Waals surface area (Å²) in [5.41, 5.74) is 4.24. The molecule has 1 fully saturated rings. The number of rotatable bonds is 4. The quantitative estimate of drug-likeness (QED) is 0.671. The molecule has 1 aliphatic heterocycles. The van der Waals surface area contributed by atoms with Crippen molar-refractivity contribution < 1.29 is 4.92 Å². The fraction of sp³-hybridized carbons (Fsp3) is 0.571. The van der Waals surface area contributed by atoms with E-state index >= 15 is 0 Å². The number of hydrazine groups is 1. The highest BCUT2D eigenvalue weighted by Crippen LogP contribution is 2.24. The Morgan fingerprint density at radius 3 is 2.65 bits per heavy atom. The van der Waals surface area contributed by atoms with E-state index in [0.717, 1.165) is 17.3 Å². The smallest absolute Gasteiger partial charge is 0.258 e. The number of halogens is 1. The summed E-state index contributed by atoms with van der Waals surface area (Å²) in [6.45, 7) is 4.86. The fourth-order valence-electron chi connectivity index (χ4n) is 2.78. The number of piperidine rings is 1. The van der Waals surface area contributed by atoms with Crippen LogP contribution in [-0.2, 0) is 6.54 Å². The van der Waals surface area contributed by atoms with E-state index in [0.29, 0.717) is 24.2 Å². The summed E-state index contributed by atoms with van der Waals surface area (Å²) in [4.78, 5) is 10.7. The van der Waals surface area contributed by atoms with Crippen molar-refractivity contribution in [3.05, 3.63) is 38.3 Å². The lowest BCUT2D eigenvalue weighted by Gasteiger charge is -2.39. The summed E-state index contributed by atoms with van der Waals surface area (Å²) in [6, 6.07) is 5.98. The topological polar surface area (TPSA) is 58.4 Å². The Labute approximate surface area is 127 Å². The molecule has 2 unspecified atom stereocenters. The third kappa shape index (κ3) is 3.56. The van der Waals surface area contributed by atoms with Gasteiger partial charge in [0.1, 0.15) is 0 Å². The molecule has 0 bridgehead atoms. The molecule has 0 radical (unpaired) electrons. The molecule has 5 nitrogen and oxygen atoms in total. The predicted octanol–water partition coefficient (Wildman–Crippen LogP) is 3.62. The Balaban J connectivity index is 2.10. The zero-order valence-corrected chi connectivity index (χ0v) is 13.4. The zero-order chi connectivity index (χ0) is 14.7. The number of nitrogens with zero attached hydrogens (tertiary/aromatic N) is 2. The van der Waals surface area contributed by atoms with Crippen LogP contribution in [0.15, 0.2) is 22.7 Å². The third-order valence-electron chi connectivity index (χ3n) is 3.88. The van der Waals surface area contributed by atoms with Crippen LogP contribution in [0.2, 0.25) is 0 Å². The first-order chi connectivity index (χ1) is 9.49. The van der Waals surface area contributed by atoms with Gasteiger partial charge in [0, 0.05) is 34.7 Å². The van der Waals surface area contributed by atoms with Gasteiger partial charge in [-0.15, -0.1) is 0 Å². The monoisotopic (exact) mass is 341 g/mol. The molecule has 0 aliphatic carbocycles. The minimum atomic E-state index is -0.327. The van der Waals surface area contributed by atoms with Crippen molar-refractivity contribution in [2.75, 3.05) is 0 Å². The van der Waals surface area contributed by atoms with Crippen LogP contribution in [0.3, 0.4) is 0 Å². The van der Waals surface area contributed by atoms with E-state index in [-0.39, 0.29) is 10.6 Å². The Morgan fingerprint density at radius 1 is 1.40 bits per heavy atom. The van der Waals surface area contributed by atoms with Crippen molar-refractivity contribution in [2.24, 2.45) is 0 Å². The fourth-order valence-corrected chi connectivity index (χ4v) is 3.19. The summed E-state index contributed by atoms with van der Waals surface area (Å²) in [7, 11) is 0. The lowest BCUT2D eigenvalue weighted by atomic mass is 10.00. The maximum atomic E-state index is 11.1. The molecular formula is C14H20BrN3O2. The summed E-state index contributed by atoms with van der Waals surface area (Å²) < 4.78 is 0.861. The maximum Gasteiger partial charge on any atom is 0.274 e. The minimum Gasteiger partial charge on any atom is -0.258 e. The first kappa shape index (κ1) is 15.4. The summed E-state index contributed by atoms with van der Waals surface area (Å²) in [5.74, 6) is 0. The highest BCUT2D eigenvalue weighted by atomic mass is 79.9. The number of benzene rings is 1. The Bertz CT molecular complexity index is 485. The van der Waals surface area contributed by atoms with Gasteiger partial charge in [0.25, 0.3) is 5.69 Å². The lowest BCUT2D eigenvalue weighted by Crippen LogP contribution is -2.51. The van der Waals surface area contributed by atoms with Crippen LogP contribution in [0, 0.1) is 10.1 Å². The van der Waals surface area contributed by atoms with Gasteiger partial charge < -0.3 is 0 Å². The average Bonchev–Trinajstić information content (AvgIpc) is 2.37. The first-order valence-electron chi connectivity index (χ1n) is 6.93. The molecule has 1 saturated heterocycles. The number of nitro benzene ring substituents is 1. The number of hydrogen-bond acceptors (Lipinski definition) is 4. The van der Waals surface area contributed by atoms with Gasteiger partial charge in [-0.2, -0.15) is 0 Å². The van der Waals surface area contributed by atoms with Gasteiger partial charge in [-0.1, -0.05) is 22.4 Å². The summed E-state index contributed by atoms with van der Waals surface area (Å²) in [6.07, 6.45) is 3.58. The van der Waals surface area contributed by atoms with Gasteiger partial charge in [0.05, 0.1) is 4.92 Å². The third-order valence-corrected chi connectivity index (χ3v) is 4.38. The molecule has 2 atom stereocenters. The summed E-state index contributed by atoms with van der Waals surface area (Å²) in [5, 5.41) is 13.3. The van der Waals surface area contributed by atoms with Crippen LogP contribution < -0.4 is 5.43 Å². The zero-order valence-electron chi connectivity index (χ0n) is 11.8. The molecule has 0 spiro atoms. The molecule has 1 heterocycles. The van der Waals surface area contributed by atoms with E-state index in [2.05, 4.69) is 40.2 Å². The molecule has 0 amide bonds. The molecule has 0 aromatic heterocycles. The molecular weight excluding hydrogens is 322 g/mol. The van der Waals surface area contributed by atoms with Gasteiger partial charge >= 0.3 is 0 Å². The Kier molecular flexibility index (Phi) is 5.12. The molecule has 110 valence electrons. The summed E-state index contributed by atoms with van der Waals surface area (Å²) >= 11 is 3.37. The standard InChI is InChI=1S/C14H20BrN3O2/c1-10-4-3-5-11(2)17(10)16-9-12-8-13(15)6-7-14(12)18(19)20/h6-8,10-11,16H,3-5,9H2,1-2H3. The van der Waals surface area contributed by atoms with Crippen LogP contribution in [0.5, 0.6) is 0 Å². The highest BCUT2D eigenvalue weighted by Gasteiger charge is 2.25. The van der Waals surface area contributed by atoms with Crippen molar-refractivity contribution >= 4 is 21.6 Å². The normalized spacial score (nSPS) is 23.8. The molecule has 0 saturated carbocycles. The van der Waals surface area contributed by atoms with Crippen molar-refractivity contribution in [3.63, 3.8) is 0 Å². The van der Waals surface area contributed by atoms with Gasteiger partial charge in [0.2, 0.25) is 0 Å². The van der Waals surface area contributed by atoms with Gasteiger partial charge in [-0.25, -0.2) is 5.01 Å². The minimum absolute atomic E-state index is 0.165. The largest absolute Gasteiger partial charge is 0.274 e. The van der Waals surface area contributed by atoms with Gasteiger partial charge in [0.15, 0.2) is 0 Å². The van der Waals surface area contributed by atoms with Crippen molar-refractivity contribution in [1.29, 1.82) is 0 Å². The molecule has 2 rings (SSSR count). The Hall–Kier alpha value is -0.980. The van der Waals surface area contributed by atoms with E-state index < -0.39 is 0 Å². The van der Waals surface area contributed by atoms with Crippen molar-refractivity contribution in [3.8, 4) is 0 Å². The number of nitro groups is 1. The van der Waals surface area contributed by atoms with Crippen LogP contribution >= 0.6 is 15.9 Å². The first-order valence-corrected chi connectivity index (χ1v) is 7.73. The second kappa shape index (κ2) is 6.65. The van der Waals surface area contributed by atoms with Crippen LogP contribution in [-0.4, -0.2) is 22.0 Å². The van der Waals surface area contributed by atoms with Crippen LogP contribution in [0.25, 0.3) is 0 Å². The van der Waals surface area contributed by atoms with E-state index in [1.807, 2.05) is 6.07 Å². The lowest BCUT2D eigenvalue weighted by molar-refractivity contribution is -0.385. The molecule has 6 heteroatoms. The van der Waals surface area contributed by atoms with Gasteiger partial charge in [-0.3, -0.25) is 15.5 Å². The van der Waals surface area contributed by atoms with E-state index in [9.17, 15) is 10.1 Å².